The van der Waals surface area contributed by atoms with E-state index in [1.165, 1.54) is 4.57 Å². The van der Waals surface area contributed by atoms with Crippen LogP contribution in [0.3, 0.4) is 0 Å². The normalized spacial score (nSPS) is 10.9. The number of nitrogens with one attached hydrogen (secondary N) is 2. The topological polar surface area (TPSA) is 96.2 Å². The number of unbranched alkanes of at least 4 members (excludes halogenated alkanes) is 1. The molecule has 0 spiro atoms. The summed E-state index contributed by atoms with van der Waals surface area (Å²) in [5.41, 5.74) is 6.09. The van der Waals surface area contributed by atoms with Gasteiger partial charge in [0.1, 0.15) is 5.82 Å². The average molecular weight is 424 g/mol. The van der Waals surface area contributed by atoms with Crippen molar-refractivity contribution in [3.8, 4) is 0 Å². The number of rotatable bonds is 7. The Morgan fingerprint density at radius 2 is 1.96 bits per heavy atom. The third-order valence-electron chi connectivity index (χ3n) is 4.11. The first-order valence-electron chi connectivity index (χ1n) is 9.21. The van der Waals surface area contributed by atoms with Crippen LogP contribution in [0.1, 0.15) is 33.6 Å². The molecule has 0 aliphatic carbocycles. The minimum Gasteiger partial charge on any atom is -0.383 e. The van der Waals surface area contributed by atoms with Crippen LogP contribution >= 0.6 is 23.8 Å². The summed E-state index contributed by atoms with van der Waals surface area (Å²) in [7, 11) is 0. The van der Waals surface area contributed by atoms with Crippen molar-refractivity contribution in [1.29, 1.82) is 0 Å². The highest BCUT2D eigenvalue weighted by Gasteiger charge is 2.22. The standard InChI is InChI=1S/C19H26ClN5O2S/c1-4-5-10-24(19(28)22-14-8-6-13(20)7-9-14)15-16(21)25(11-12(2)3)18(27)23-17(15)26/h6-9,12H,4-5,10-11,21H2,1-3H3,(H,22,28)(H,23,26,27). The van der Waals surface area contributed by atoms with Gasteiger partial charge in [0.25, 0.3) is 5.56 Å². The molecular weight excluding hydrogens is 398 g/mol. The number of hydrogen-bond donors (Lipinski definition) is 3. The zero-order chi connectivity index (χ0) is 20.8. The van der Waals surface area contributed by atoms with E-state index in [-0.39, 0.29) is 17.4 Å². The number of aromatic nitrogens is 2. The van der Waals surface area contributed by atoms with Gasteiger partial charge >= 0.3 is 5.69 Å². The summed E-state index contributed by atoms with van der Waals surface area (Å²) in [4.78, 5) is 28.8. The fourth-order valence-corrected chi connectivity index (χ4v) is 3.17. The van der Waals surface area contributed by atoms with E-state index < -0.39 is 11.2 Å². The molecule has 2 rings (SSSR count). The van der Waals surface area contributed by atoms with Crippen LogP contribution in [0.15, 0.2) is 33.9 Å². The molecule has 4 N–H and O–H groups in total. The molecule has 0 saturated carbocycles. The largest absolute Gasteiger partial charge is 0.383 e. The van der Waals surface area contributed by atoms with Crippen LogP contribution in [0.4, 0.5) is 17.2 Å². The van der Waals surface area contributed by atoms with E-state index in [0.717, 1.165) is 18.5 Å². The van der Waals surface area contributed by atoms with Gasteiger partial charge in [0.15, 0.2) is 10.8 Å². The minimum absolute atomic E-state index is 0.110. The average Bonchev–Trinajstić information content (AvgIpc) is 2.63. The van der Waals surface area contributed by atoms with Crippen LogP contribution in [-0.2, 0) is 6.54 Å². The van der Waals surface area contributed by atoms with Gasteiger partial charge in [0, 0.05) is 23.8 Å². The quantitative estimate of drug-likeness (QED) is 0.590. The molecule has 0 bridgehead atoms. The second kappa shape index (κ2) is 9.75. The molecule has 0 unspecified atom stereocenters. The lowest BCUT2D eigenvalue weighted by molar-refractivity contribution is 0.507. The summed E-state index contributed by atoms with van der Waals surface area (Å²) >= 11 is 11.5. The van der Waals surface area contributed by atoms with E-state index in [4.69, 9.17) is 29.6 Å². The molecule has 1 heterocycles. The third-order valence-corrected chi connectivity index (χ3v) is 4.68. The summed E-state index contributed by atoms with van der Waals surface area (Å²) in [6.45, 7) is 6.87. The van der Waals surface area contributed by atoms with E-state index in [1.54, 1.807) is 29.2 Å². The van der Waals surface area contributed by atoms with Crippen molar-refractivity contribution in [2.75, 3.05) is 22.5 Å². The Kier molecular flexibility index (Phi) is 7.65. The number of nitrogen functional groups attached to an aromatic ring is 1. The van der Waals surface area contributed by atoms with Gasteiger partial charge in [-0.05, 0) is 48.8 Å². The summed E-state index contributed by atoms with van der Waals surface area (Å²) < 4.78 is 1.38. The first-order valence-corrected chi connectivity index (χ1v) is 9.99. The minimum atomic E-state index is -0.557. The van der Waals surface area contributed by atoms with Crippen LogP contribution in [0.2, 0.25) is 5.02 Å². The number of H-pyrrole nitrogens is 1. The van der Waals surface area contributed by atoms with Crippen LogP contribution in [0.25, 0.3) is 0 Å². The van der Waals surface area contributed by atoms with E-state index in [9.17, 15) is 9.59 Å². The Bertz CT molecular complexity index is 937. The second-order valence-corrected chi connectivity index (χ2v) is 7.76. The zero-order valence-electron chi connectivity index (χ0n) is 16.3. The maximum absolute atomic E-state index is 12.6. The maximum atomic E-state index is 12.6. The van der Waals surface area contributed by atoms with Crippen LogP contribution < -0.4 is 27.2 Å². The number of thiocarbonyl (C=S) groups is 1. The summed E-state index contributed by atoms with van der Waals surface area (Å²) in [5.74, 6) is 0.292. The third kappa shape index (κ3) is 5.36. The lowest BCUT2D eigenvalue weighted by Gasteiger charge is -2.27. The maximum Gasteiger partial charge on any atom is 0.330 e. The van der Waals surface area contributed by atoms with Crippen molar-refractivity contribution in [3.63, 3.8) is 0 Å². The molecule has 0 aliphatic heterocycles. The van der Waals surface area contributed by atoms with Gasteiger partial charge in [-0.2, -0.15) is 0 Å². The number of anilines is 3. The summed E-state index contributed by atoms with van der Waals surface area (Å²) in [5, 5.41) is 4.04. The Morgan fingerprint density at radius 3 is 2.54 bits per heavy atom. The molecule has 0 saturated heterocycles. The first kappa shape index (κ1) is 22.0. The Labute approximate surface area is 174 Å². The Balaban J connectivity index is 2.46. The number of nitrogens with two attached hydrogens (primary N) is 1. The van der Waals surface area contributed by atoms with Crippen molar-refractivity contribution >= 4 is 46.1 Å². The molecule has 1 aromatic carbocycles. The Hall–Kier alpha value is -2.32. The van der Waals surface area contributed by atoms with E-state index in [1.807, 2.05) is 20.8 Å². The summed E-state index contributed by atoms with van der Waals surface area (Å²) in [6, 6.07) is 7.07. The monoisotopic (exact) mass is 423 g/mol. The molecule has 28 heavy (non-hydrogen) atoms. The van der Waals surface area contributed by atoms with Crippen LogP contribution in [0.5, 0.6) is 0 Å². The van der Waals surface area contributed by atoms with E-state index in [2.05, 4.69) is 10.3 Å². The van der Waals surface area contributed by atoms with Crippen molar-refractivity contribution in [1.82, 2.24) is 9.55 Å². The lowest BCUT2D eigenvalue weighted by atomic mass is 10.2. The van der Waals surface area contributed by atoms with Gasteiger partial charge in [0.2, 0.25) is 0 Å². The summed E-state index contributed by atoms with van der Waals surface area (Å²) in [6.07, 6.45) is 1.70. The van der Waals surface area contributed by atoms with Gasteiger partial charge in [-0.15, -0.1) is 0 Å². The number of aromatic amines is 1. The molecular formula is C19H26ClN5O2S. The Morgan fingerprint density at radius 1 is 1.32 bits per heavy atom. The zero-order valence-corrected chi connectivity index (χ0v) is 17.9. The van der Waals surface area contributed by atoms with Gasteiger partial charge in [0.05, 0.1) is 0 Å². The SMILES string of the molecule is CCCCN(C(=S)Nc1ccc(Cl)cc1)c1c(N)n(CC(C)C)c(=O)[nH]c1=O. The first-order chi connectivity index (χ1) is 13.2. The number of hydrogen-bond acceptors (Lipinski definition) is 4. The lowest BCUT2D eigenvalue weighted by Crippen LogP contribution is -2.43. The highest BCUT2D eigenvalue weighted by atomic mass is 35.5. The molecule has 0 amide bonds. The fourth-order valence-electron chi connectivity index (χ4n) is 2.74. The van der Waals surface area contributed by atoms with Gasteiger partial charge in [-0.25, -0.2) is 4.79 Å². The molecule has 0 aliphatic rings. The number of halogens is 1. The highest BCUT2D eigenvalue weighted by Crippen LogP contribution is 2.21. The molecule has 1 aromatic heterocycles. The molecule has 0 radical (unpaired) electrons. The van der Waals surface area contributed by atoms with E-state index in [0.29, 0.717) is 23.2 Å². The smallest absolute Gasteiger partial charge is 0.330 e. The predicted octanol–water partition coefficient (Wildman–Crippen LogP) is 3.43. The molecule has 9 heteroatoms. The van der Waals surface area contributed by atoms with Crippen molar-refractivity contribution < 1.29 is 0 Å². The molecule has 7 nitrogen and oxygen atoms in total. The number of nitrogens with zero attached hydrogens (tertiary/aromatic N) is 2. The predicted molar refractivity (Wildman–Crippen MR) is 120 cm³/mol. The molecule has 152 valence electrons. The van der Waals surface area contributed by atoms with Crippen molar-refractivity contribution in [3.05, 3.63) is 50.1 Å². The number of benzene rings is 1. The fraction of sp³-hybridized carbons (Fsp3) is 0.421. The van der Waals surface area contributed by atoms with Crippen molar-refractivity contribution in [2.24, 2.45) is 5.92 Å². The van der Waals surface area contributed by atoms with Crippen molar-refractivity contribution in [2.45, 2.75) is 40.2 Å². The molecule has 2 aromatic rings. The van der Waals surface area contributed by atoms with E-state index >= 15 is 0 Å². The van der Waals surface area contributed by atoms with Gasteiger partial charge in [-0.3, -0.25) is 14.3 Å². The molecule has 0 atom stereocenters. The highest BCUT2D eigenvalue weighted by molar-refractivity contribution is 7.80. The van der Waals surface area contributed by atoms with Gasteiger partial charge in [-0.1, -0.05) is 38.8 Å². The second-order valence-electron chi connectivity index (χ2n) is 6.94. The van der Waals surface area contributed by atoms with Crippen LogP contribution in [-0.4, -0.2) is 21.2 Å². The molecule has 0 fully saturated rings. The van der Waals surface area contributed by atoms with Crippen LogP contribution in [0, 0.1) is 5.92 Å². The van der Waals surface area contributed by atoms with Gasteiger partial charge < -0.3 is 16.0 Å².